The van der Waals surface area contributed by atoms with Crippen LogP contribution in [0.2, 0.25) is 0 Å². The van der Waals surface area contributed by atoms with E-state index in [2.05, 4.69) is 46.6 Å². The maximum atomic E-state index is 8.84. The van der Waals surface area contributed by atoms with Crippen LogP contribution < -0.4 is 4.90 Å². The smallest absolute Gasteiger partial charge is 0.226 e. The fourth-order valence-electron chi connectivity index (χ4n) is 2.14. The minimum atomic E-state index is 0.210. The maximum Gasteiger partial charge on any atom is 0.226 e. The molecule has 1 fully saturated rings. The van der Waals surface area contributed by atoms with Gasteiger partial charge in [-0.2, -0.15) is 5.26 Å². The number of hydrogen-bond acceptors (Lipinski definition) is 5. The van der Waals surface area contributed by atoms with Gasteiger partial charge in [0.25, 0.3) is 0 Å². The van der Waals surface area contributed by atoms with Crippen molar-refractivity contribution in [1.29, 1.82) is 5.26 Å². The van der Waals surface area contributed by atoms with Gasteiger partial charge in [0, 0.05) is 37.9 Å². The monoisotopic (exact) mass is 245 g/mol. The van der Waals surface area contributed by atoms with Crippen molar-refractivity contribution < 1.29 is 0 Å². The van der Waals surface area contributed by atoms with Crippen LogP contribution in [-0.2, 0) is 0 Å². The van der Waals surface area contributed by atoms with E-state index in [1.807, 2.05) is 0 Å². The van der Waals surface area contributed by atoms with Crippen molar-refractivity contribution in [3.05, 3.63) is 18.0 Å². The molecule has 0 radical (unpaired) electrons. The highest BCUT2D eigenvalue weighted by Gasteiger charge is 2.26. The Balaban J connectivity index is 2.04. The molecule has 0 saturated carbocycles. The number of nitriles is 1. The van der Waals surface area contributed by atoms with E-state index in [0.717, 1.165) is 26.2 Å². The summed E-state index contributed by atoms with van der Waals surface area (Å²) in [5.74, 6) is 0.669. The van der Waals surface area contributed by atoms with Crippen LogP contribution in [0.3, 0.4) is 0 Å². The third-order valence-electron chi connectivity index (χ3n) is 3.27. The topological polar surface area (TPSA) is 56.0 Å². The Morgan fingerprint density at radius 3 is 2.44 bits per heavy atom. The zero-order valence-electron chi connectivity index (χ0n) is 11.2. The Hall–Kier alpha value is -1.67. The lowest BCUT2D eigenvalue weighted by Crippen LogP contribution is -2.53. The molecule has 96 valence electrons. The summed E-state index contributed by atoms with van der Waals surface area (Å²) in [6.07, 6.45) is 1.65. The lowest BCUT2D eigenvalue weighted by Gasteiger charge is -2.42. The summed E-state index contributed by atoms with van der Waals surface area (Å²) in [6, 6.07) is 3.69. The van der Waals surface area contributed by atoms with Crippen LogP contribution in [-0.4, -0.2) is 46.6 Å². The molecular weight excluding hydrogens is 226 g/mol. The van der Waals surface area contributed by atoms with Crippen LogP contribution in [0.15, 0.2) is 12.3 Å². The number of piperazine rings is 1. The predicted octanol–water partition coefficient (Wildman–Crippen LogP) is 1.27. The molecule has 0 bridgehead atoms. The number of hydrogen-bond donors (Lipinski definition) is 0. The van der Waals surface area contributed by atoms with E-state index in [1.165, 1.54) is 0 Å². The second-order valence-electron chi connectivity index (χ2n) is 5.50. The molecule has 1 aliphatic heterocycles. The molecule has 1 aliphatic rings. The van der Waals surface area contributed by atoms with E-state index in [4.69, 9.17) is 5.26 Å². The van der Waals surface area contributed by atoms with Gasteiger partial charge in [-0.3, -0.25) is 4.90 Å². The van der Waals surface area contributed by atoms with Gasteiger partial charge in [-0.25, -0.2) is 9.97 Å². The quantitative estimate of drug-likeness (QED) is 0.745. The van der Waals surface area contributed by atoms with E-state index in [-0.39, 0.29) is 5.54 Å². The minimum Gasteiger partial charge on any atom is -0.338 e. The predicted molar refractivity (Wildman–Crippen MR) is 70.3 cm³/mol. The molecule has 2 heterocycles. The molecule has 18 heavy (non-hydrogen) atoms. The fraction of sp³-hybridized carbons (Fsp3) is 0.615. The summed E-state index contributed by atoms with van der Waals surface area (Å²) >= 11 is 0. The number of anilines is 1. The van der Waals surface area contributed by atoms with Crippen molar-refractivity contribution in [2.24, 2.45) is 0 Å². The molecule has 0 amide bonds. The largest absolute Gasteiger partial charge is 0.338 e. The molecule has 0 spiro atoms. The molecule has 0 N–H and O–H groups in total. The zero-order valence-corrected chi connectivity index (χ0v) is 11.2. The summed E-state index contributed by atoms with van der Waals surface area (Å²) in [6.45, 7) is 10.5. The lowest BCUT2D eigenvalue weighted by atomic mass is 10.1. The molecule has 1 aromatic rings. The molecular formula is C13H19N5. The molecule has 1 saturated heterocycles. The van der Waals surface area contributed by atoms with Crippen LogP contribution in [0.4, 0.5) is 5.95 Å². The summed E-state index contributed by atoms with van der Waals surface area (Å²) in [5, 5.41) is 8.84. The SMILES string of the molecule is CC(C)(C)N1CCN(c2nccc(C#N)n2)CC1. The zero-order chi connectivity index (χ0) is 13.2. The molecule has 0 unspecified atom stereocenters. The second kappa shape index (κ2) is 4.91. The van der Waals surface area contributed by atoms with Crippen LogP contribution in [0, 0.1) is 11.3 Å². The average Bonchev–Trinajstić information content (AvgIpc) is 2.38. The molecule has 2 rings (SSSR count). The first-order valence-corrected chi connectivity index (χ1v) is 6.24. The van der Waals surface area contributed by atoms with E-state index in [1.54, 1.807) is 12.3 Å². The first-order valence-electron chi connectivity index (χ1n) is 6.24. The van der Waals surface area contributed by atoms with Gasteiger partial charge in [-0.15, -0.1) is 0 Å². The third-order valence-corrected chi connectivity index (χ3v) is 3.27. The first kappa shape index (κ1) is 12.8. The molecule has 0 aliphatic carbocycles. The van der Waals surface area contributed by atoms with Gasteiger partial charge in [0.1, 0.15) is 11.8 Å². The van der Waals surface area contributed by atoms with Crippen LogP contribution >= 0.6 is 0 Å². The fourth-order valence-corrected chi connectivity index (χ4v) is 2.14. The Labute approximate surface area is 108 Å². The number of rotatable bonds is 1. The van der Waals surface area contributed by atoms with E-state index < -0.39 is 0 Å². The van der Waals surface area contributed by atoms with Gasteiger partial charge in [0.15, 0.2) is 0 Å². The highest BCUT2D eigenvalue weighted by atomic mass is 15.3. The van der Waals surface area contributed by atoms with Crippen LogP contribution in [0.25, 0.3) is 0 Å². The molecule has 5 nitrogen and oxygen atoms in total. The highest BCUT2D eigenvalue weighted by molar-refractivity contribution is 5.34. The molecule has 0 atom stereocenters. The number of nitrogens with zero attached hydrogens (tertiary/aromatic N) is 5. The Kier molecular flexibility index (Phi) is 3.48. The van der Waals surface area contributed by atoms with Gasteiger partial charge in [-0.1, -0.05) is 0 Å². The average molecular weight is 245 g/mol. The molecule has 5 heteroatoms. The van der Waals surface area contributed by atoms with Crippen molar-refractivity contribution in [2.75, 3.05) is 31.1 Å². The minimum absolute atomic E-state index is 0.210. The first-order chi connectivity index (χ1) is 8.50. The standard InChI is InChI=1S/C13H19N5/c1-13(2,3)18-8-6-17(7-9-18)12-15-5-4-11(10-14)16-12/h4-5H,6-9H2,1-3H3. The van der Waals surface area contributed by atoms with E-state index in [9.17, 15) is 0 Å². The molecule has 1 aromatic heterocycles. The van der Waals surface area contributed by atoms with Crippen molar-refractivity contribution in [3.8, 4) is 6.07 Å². The van der Waals surface area contributed by atoms with Gasteiger partial charge in [0.05, 0.1) is 0 Å². The van der Waals surface area contributed by atoms with Crippen LogP contribution in [0.5, 0.6) is 0 Å². The summed E-state index contributed by atoms with van der Waals surface area (Å²) in [5.41, 5.74) is 0.639. The summed E-state index contributed by atoms with van der Waals surface area (Å²) in [4.78, 5) is 13.1. The van der Waals surface area contributed by atoms with E-state index in [0.29, 0.717) is 11.6 Å². The van der Waals surface area contributed by atoms with E-state index >= 15 is 0 Å². The Morgan fingerprint density at radius 1 is 1.22 bits per heavy atom. The van der Waals surface area contributed by atoms with Crippen molar-refractivity contribution in [2.45, 2.75) is 26.3 Å². The van der Waals surface area contributed by atoms with Gasteiger partial charge in [0.2, 0.25) is 5.95 Å². The van der Waals surface area contributed by atoms with Crippen LogP contribution in [0.1, 0.15) is 26.5 Å². The van der Waals surface area contributed by atoms with Gasteiger partial charge in [-0.05, 0) is 26.8 Å². The number of aromatic nitrogens is 2. The Bertz CT molecular complexity index is 449. The van der Waals surface area contributed by atoms with Crippen molar-refractivity contribution >= 4 is 5.95 Å². The summed E-state index contributed by atoms with van der Waals surface area (Å²) < 4.78 is 0. The highest BCUT2D eigenvalue weighted by Crippen LogP contribution is 2.18. The Morgan fingerprint density at radius 2 is 1.89 bits per heavy atom. The van der Waals surface area contributed by atoms with Crippen molar-refractivity contribution in [1.82, 2.24) is 14.9 Å². The van der Waals surface area contributed by atoms with Gasteiger partial charge >= 0.3 is 0 Å². The maximum absolute atomic E-state index is 8.84. The molecule has 0 aromatic carbocycles. The normalized spacial score (nSPS) is 17.6. The third kappa shape index (κ3) is 2.77. The lowest BCUT2D eigenvalue weighted by molar-refractivity contribution is 0.128. The van der Waals surface area contributed by atoms with Crippen molar-refractivity contribution in [3.63, 3.8) is 0 Å². The van der Waals surface area contributed by atoms with Gasteiger partial charge < -0.3 is 4.90 Å². The second-order valence-corrected chi connectivity index (χ2v) is 5.50. The summed E-state index contributed by atoms with van der Waals surface area (Å²) in [7, 11) is 0.